The molecule has 2 heterocycles. The molecular weight excluding hydrogens is 262 g/mol. The Morgan fingerprint density at radius 2 is 2.32 bits per heavy atom. The van der Waals surface area contributed by atoms with E-state index in [9.17, 15) is 4.79 Å². The van der Waals surface area contributed by atoms with Gasteiger partial charge in [-0.2, -0.15) is 11.8 Å². The van der Waals surface area contributed by atoms with Gasteiger partial charge in [0.1, 0.15) is 11.9 Å². The lowest BCUT2D eigenvalue weighted by atomic mass is 10.1. The number of methoxy groups -OCH3 is 1. The van der Waals surface area contributed by atoms with Gasteiger partial charge in [-0.3, -0.25) is 4.90 Å². The van der Waals surface area contributed by atoms with Crippen LogP contribution in [-0.4, -0.2) is 54.7 Å². The third kappa shape index (κ3) is 3.66. The third-order valence-corrected chi connectivity index (χ3v) is 4.89. The van der Waals surface area contributed by atoms with Gasteiger partial charge in [-0.15, -0.1) is 0 Å². The van der Waals surface area contributed by atoms with Gasteiger partial charge in [-0.25, -0.2) is 4.79 Å². The zero-order valence-corrected chi connectivity index (χ0v) is 12.8. The summed E-state index contributed by atoms with van der Waals surface area (Å²) in [7, 11) is 1.42. The average molecular weight is 285 g/mol. The number of nitrogens with zero attached hydrogens (tertiary/aromatic N) is 1. The van der Waals surface area contributed by atoms with Crippen LogP contribution in [-0.2, 0) is 14.3 Å². The van der Waals surface area contributed by atoms with Crippen LogP contribution in [0.4, 0.5) is 0 Å². The second kappa shape index (κ2) is 6.66. The van der Waals surface area contributed by atoms with Gasteiger partial charge in [0.05, 0.1) is 12.7 Å². The number of thioether (sulfide) groups is 1. The van der Waals surface area contributed by atoms with Crippen LogP contribution in [0.25, 0.3) is 0 Å². The maximum Gasteiger partial charge on any atom is 0.337 e. The Kier molecular flexibility index (Phi) is 5.16. The van der Waals surface area contributed by atoms with E-state index >= 15 is 0 Å². The highest BCUT2D eigenvalue weighted by Crippen LogP contribution is 2.27. The molecule has 0 saturated carbocycles. The van der Waals surface area contributed by atoms with E-state index < -0.39 is 0 Å². The summed E-state index contributed by atoms with van der Waals surface area (Å²) >= 11 is 2.02. The molecule has 0 aromatic heterocycles. The predicted molar refractivity (Wildman–Crippen MR) is 77.2 cm³/mol. The van der Waals surface area contributed by atoms with Crippen LogP contribution in [0.1, 0.15) is 26.7 Å². The highest BCUT2D eigenvalue weighted by molar-refractivity contribution is 7.99. The van der Waals surface area contributed by atoms with Crippen molar-refractivity contribution in [3.63, 3.8) is 0 Å². The molecule has 19 heavy (non-hydrogen) atoms. The quantitative estimate of drug-likeness (QED) is 0.742. The lowest BCUT2D eigenvalue weighted by Crippen LogP contribution is -2.39. The van der Waals surface area contributed by atoms with Gasteiger partial charge in [-0.1, -0.05) is 0 Å². The molecule has 0 amide bonds. The Morgan fingerprint density at radius 1 is 1.53 bits per heavy atom. The zero-order valence-electron chi connectivity index (χ0n) is 12.0. The molecule has 4 nitrogen and oxygen atoms in total. The van der Waals surface area contributed by atoms with Crippen LogP contribution < -0.4 is 0 Å². The Balaban J connectivity index is 1.90. The maximum absolute atomic E-state index is 11.6. The molecule has 0 spiro atoms. The molecule has 2 atom stereocenters. The minimum atomic E-state index is -0.250. The summed E-state index contributed by atoms with van der Waals surface area (Å²) < 4.78 is 10.6. The maximum atomic E-state index is 11.6. The molecule has 0 N–H and O–H groups in total. The highest BCUT2D eigenvalue weighted by Gasteiger charge is 2.31. The summed E-state index contributed by atoms with van der Waals surface area (Å²) in [6.45, 7) is 6.15. The molecule has 2 aliphatic heterocycles. The monoisotopic (exact) mass is 285 g/mol. The molecule has 1 saturated heterocycles. The molecule has 0 radical (unpaired) electrons. The summed E-state index contributed by atoms with van der Waals surface area (Å²) in [4.78, 5) is 14.1. The first-order valence-corrected chi connectivity index (χ1v) is 8.03. The van der Waals surface area contributed by atoms with E-state index in [1.165, 1.54) is 25.0 Å². The van der Waals surface area contributed by atoms with E-state index in [0.717, 1.165) is 18.8 Å². The van der Waals surface area contributed by atoms with Crippen molar-refractivity contribution < 1.29 is 14.3 Å². The third-order valence-electron chi connectivity index (χ3n) is 3.90. The van der Waals surface area contributed by atoms with E-state index in [1.54, 1.807) is 0 Å². The van der Waals surface area contributed by atoms with Crippen molar-refractivity contribution in [3.05, 3.63) is 11.3 Å². The molecular formula is C14H23NO3S. The normalized spacial score (nSPS) is 29.0. The Hall–Kier alpha value is -0.680. The number of rotatable bonds is 3. The van der Waals surface area contributed by atoms with E-state index in [4.69, 9.17) is 9.47 Å². The van der Waals surface area contributed by atoms with Gasteiger partial charge in [0.2, 0.25) is 0 Å². The Labute approximate surface area is 119 Å². The van der Waals surface area contributed by atoms with Gasteiger partial charge in [0, 0.05) is 31.3 Å². The predicted octanol–water partition coefficient (Wildman–Crippen LogP) is 2.05. The fourth-order valence-electron chi connectivity index (χ4n) is 2.66. The SMILES string of the molecule is COC(=O)C1=C(C)OC(CN2CCSCCC2C)C1. The molecule has 108 valence electrons. The van der Waals surface area contributed by atoms with E-state index in [2.05, 4.69) is 11.8 Å². The van der Waals surface area contributed by atoms with Crippen molar-refractivity contribution in [2.75, 3.05) is 31.7 Å². The molecule has 0 bridgehead atoms. The zero-order chi connectivity index (χ0) is 13.8. The van der Waals surface area contributed by atoms with Gasteiger partial charge in [0.25, 0.3) is 0 Å². The highest BCUT2D eigenvalue weighted by atomic mass is 32.2. The van der Waals surface area contributed by atoms with Crippen molar-refractivity contribution in [1.82, 2.24) is 4.90 Å². The van der Waals surface area contributed by atoms with Crippen molar-refractivity contribution in [1.29, 1.82) is 0 Å². The van der Waals surface area contributed by atoms with Crippen LogP contribution in [0.3, 0.4) is 0 Å². The van der Waals surface area contributed by atoms with Crippen LogP contribution >= 0.6 is 11.8 Å². The fourth-order valence-corrected chi connectivity index (χ4v) is 3.74. The second-order valence-electron chi connectivity index (χ2n) is 5.22. The number of carbonyl (C=O) groups excluding carboxylic acids is 1. The topological polar surface area (TPSA) is 38.8 Å². The first-order valence-electron chi connectivity index (χ1n) is 6.88. The molecule has 0 aliphatic carbocycles. The van der Waals surface area contributed by atoms with Gasteiger partial charge >= 0.3 is 5.97 Å². The molecule has 0 aromatic carbocycles. The van der Waals surface area contributed by atoms with Crippen LogP contribution in [0.15, 0.2) is 11.3 Å². The lowest BCUT2D eigenvalue weighted by molar-refractivity contribution is -0.136. The largest absolute Gasteiger partial charge is 0.493 e. The summed E-state index contributed by atoms with van der Waals surface area (Å²) in [5, 5.41) is 0. The van der Waals surface area contributed by atoms with Crippen LogP contribution in [0.2, 0.25) is 0 Å². The number of hydrogen-bond acceptors (Lipinski definition) is 5. The molecule has 2 aliphatic rings. The second-order valence-corrected chi connectivity index (χ2v) is 6.44. The molecule has 1 fully saturated rings. The number of carbonyl (C=O) groups is 1. The molecule has 5 heteroatoms. The van der Waals surface area contributed by atoms with E-state index in [1.807, 2.05) is 18.7 Å². The molecule has 2 unspecified atom stereocenters. The first-order chi connectivity index (χ1) is 9.11. The van der Waals surface area contributed by atoms with Crippen molar-refractivity contribution >= 4 is 17.7 Å². The van der Waals surface area contributed by atoms with Crippen LogP contribution in [0.5, 0.6) is 0 Å². The number of esters is 1. The minimum absolute atomic E-state index is 0.0969. The summed E-state index contributed by atoms with van der Waals surface area (Å²) in [6, 6.07) is 0.598. The van der Waals surface area contributed by atoms with E-state index in [-0.39, 0.29) is 12.1 Å². The minimum Gasteiger partial charge on any atom is -0.493 e. The van der Waals surface area contributed by atoms with Crippen molar-refractivity contribution in [2.24, 2.45) is 0 Å². The summed E-state index contributed by atoms with van der Waals surface area (Å²) in [6.07, 6.45) is 2.00. The fraction of sp³-hybridized carbons (Fsp3) is 0.786. The number of ether oxygens (including phenoxy) is 2. The van der Waals surface area contributed by atoms with Gasteiger partial charge < -0.3 is 9.47 Å². The number of allylic oxidation sites excluding steroid dienone is 1. The lowest BCUT2D eigenvalue weighted by Gasteiger charge is -2.29. The van der Waals surface area contributed by atoms with E-state index in [0.29, 0.717) is 18.0 Å². The van der Waals surface area contributed by atoms with Crippen molar-refractivity contribution in [3.8, 4) is 0 Å². The first kappa shape index (κ1) is 14.7. The van der Waals surface area contributed by atoms with Gasteiger partial charge in [-0.05, 0) is 26.0 Å². The molecule has 2 rings (SSSR count). The van der Waals surface area contributed by atoms with Crippen molar-refractivity contribution in [2.45, 2.75) is 38.8 Å². The summed E-state index contributed by atoms with van der Waals surface area (Å²) in [5.74, 6) is 2.91. The molecule has 0 aromatic rings. The summed E-state index contributed by atoms with van der Waals surface area (Å²) in [5.41, 5.74) is 0.698. The average Bonchev–Trinajstić information content (AvgIpc) is 2.64. The van der Waals surface area contributed by atoms with Gasteiger partial charge in [0.15, 0.2) is 0 Å². The van der Waals surface area contributed by atoms with Crippen LogP contribution in [0, 0.1) is 0 Å². The standard InChI is InChI=1S/C14H23NO3S/c1-10-4-6-19-7-5-15(10)9-12-8-13(11(2)18-12)14(16)17-3/h10,12H,4-9H2,1-3H3. The smallest absolute Gasteiger partial charge is 0.337 e. The Bertz CT molecular complexity index is 370. The number of hydrogen-bond donors (Lipinski definition) is 0. The Morgan fingerprint density at radius 3 is 3.05 bits per heavy atom.